The van der Waals surface area contributed by atoms with E-state index in [0.717, 1.165) is 57.9 Å². The summed E-state index contributed by atoms with van der Waals surface area (Å²) >= 11 is 0. The summed E-state index contributed by atoms with van der Waals surface area (Å²) < 4.78 is 48.0. The lowest BCUT2D eigenvalue weighted by atomic mass is 10.0. The van der Waals surface area contributed by atoms with Crippen LogP contribution in [0.5, 0.6) is 5.75 Å². The maximum Gasteiger partial charge on any atom is 0.219 e. The van der Waals surface area contributed by atoms with E-state index in [-0.39, 0.29) is 29.9 Å². The minimum atomic E-state index is -0.759. The van der Waals surface area contributed by atoms with E-state index in [2.05, 4.69) is 20.5 Å². The zero-order chi connectivity index (χ0) is 22.5. The summed E-state index contributed by atoms with van der Waals surface area (Å²) in [6.07, 6.45) is 5.45. The van der Waals surface area contributed by atoms with Crippen LogP contribution in [0.25, 0.3) is 0 Å². The van der Waals surface area contributed by atoms with E-state index in [9.17, 15) is 13.2 Å². The van der Waals surface area contributed by atoms with E-state index < -0.39 is 17.6 Å². The van der Waals surface area contributed by atoms with Crippen molar-refractivity contribution >= 4 is 0 Å². The molecule has 2 fully saturated rings. The molecule has 1 saturated carbocycles. The number of hydrogen-bond acceptors (Lipinski definition) is 5. The smallest absolute Gasteiger partial charge is 0.219 e. The van der Waals surface area contributed by atoms with Crippen LogP contribution in [0.15, 0.2) is 30.5 Å². The number of likely N-dealkylation sites (tertiary alicyclic amines) is 1. The van der Waals surface area contributed by atoms with Crippen LogP contribution in [0.1, 0.15) is 42.7 Å². The van der Waals surface area contributed by atoms with Gasteiger partial charge in [0.2, 0.25) is 5.95 Å². The van der Waals surface area contributed by atoms with Crippen molar-refractivity contribution in [2.45, 2.75) is 50.3 Å². The second-order valence-corrected chi connectivity index (χ2v) is 8.74. The maximum absolute atomic E-state index is 14.6. The van der Waals surface area contributed by atoms with E-state index in [0.29, 0.717) is 11.6 Å². The molecule has 0 bridgehead atoms. The van der Waals surface area contributed by atoms with Crippen molar-refractivity contribution in [3.05, 3.63) is 59.2 Å². The number of rotatable bonds is 10. The van der Waals surface area contributed by atoms with Crippen LogP contribution >= 0.6 is 0 Å². The number of benzene rings is 1. The first-order chi connectivity index (χ1) is 15.5. The molecule has 0 amide bonds. The molecule has 0 radical (unpaired) electrons. The van der Waals surface area contributed by atoms with Crippen molar-refractivity contribution in [1.82, 2.24) is 20.5 Å². The van der Waals surface area contributed by atoms with E-state index in [1.165, 1.54) is 18.3 Å². The van der Waals surface area contributed by atoms with Crippen molar-refractivity contribution in [2.75, 3.05) is 33.2 Å². The summed E-state index contributed by atoms with van der Waals surface area (Å²) in [5.74, 6) is -2.05. The largest absolute Gasteiger partial charge is 0.485 e. The monoisotopic (exact) mass is 448 g/mol. The fraction of sp³-hybridized carbons (Fsp3) is 0.542. The van der Waals surface area contributed by atoms with Gasteiger partial charge in [-0.15, -0.1) is 0 Å². The topological polar surface area (TPSA) is 49.4 Å². The molecule has 1 aromatic heterocycles. The fourth-order valence-corrected chi connectivity index (χ4v) is 4.51. The minimum absolute atomic E-state index is 0.00306. The van der Waals surface area contributed by atoms with E-state index >= 15 is 0 Å². The molecule has 5 nitrogen and oxygen atoms in total. The zero-order valence-electron chi connectivity index (χ0n) is 18.4. The Morgan fingerprint density at radius 1 is 1.19 bits per heavy atom. The summed E-state index contributed by atoms with van der Waals surface area (Å²) in [6, 6.07) is 5.88. The summed E-state index contributed by atoms with van der Waals surface area (Å²) in [5.41, 5.74) is 0.739. The Balaban J connectivity index is 1.34. The van der Waals surface area contributed by atoms with Gasteiger partial charge in [-0.1, -0.05) is 0 Å². The van der Waals surface area contributed by atoms with Gasteiger partial charge in [0.05, 0.1) is 0 Å². The lowest BCUT2D eigenvalue weighted by Gasteiger charge is -2.32. The number of halogens is 3. The third kappa shape index (κ3) is 5.79. The van der Waals surface area contributed by atoms with Gasteiger partial charge in [-0.25, -0.2) is 13.8 Å². The number of ether oxygens (including phenoxy) is 1. The van der Waals surface area contributed by atoms with Crippen molar-refractivity contribution in [1.29, 1.82) is 0 Å². The van der Waals surface area contributed by atoms with Gasteiger partial charge in [0.25, 0.3) is 0 Å². The number of hydrogen-bond donors (Lipinski definition) is 2. The second kappa shape index (κ2) is 10.6. The minimum Gasteiger partial charge on any atom is -0.485 e. The normalized spacial score (nSPS) is 21.6. The van der Waals surface area contributed by atoms with E-state index in [4.69, 9.17) is 4.74 Å². The van der Waals surface area contributed by atoms with E-state index in [1.807, 2.05) is 7.05 Å². The highest BCUT2D eigenvalue weighted by atomic mass is 19.1. The van der Waals surface area contributed by atoms with Crippen LogP contribution in [0.3, 0.4) is 0 Å². The van der Waals surface area contributed by atoms with Gasteiger partial charge in [-0.3, -0.25) is 0 Å². The van der Waals surface area contributed by atoms with Crippen LogP contribution in [-0.2, 0) is 6.61 Å². The molecular weight excluding hydrogens is 417 g/mol. The Bertz CT molecular complexity index is 905. The molecule has 2 aromatic rings. The second-order valence-electron chi connectivity index (χ2n) is 8.74. The lowest BCUT2D eigenvalue weighted by molar-refractivity contribution is 0.195. The predicted molar refractivity (Wildman–Crippen MR) is 117 cm³/mol. The molecule has 2 N–H and O–H groups in total. The quantitative estimate of drug-likeness (QED) is 0.430. The summed E-state index contributed by atoms with van der Waals surface area (Å²) in [5, 5.41) is 6.85. The Hall–Kier alpha value is -2.16. The molecular formula is C24H31F3N4O. The number of aromatic nitrogens is 1. The number of nitrogens with zero attached hydrogens (tertiary/aromatic N) is 2. The van der Waals surface area contributed by atoms with Gasteiger partial charge in [-0.2, -0.15) is 4.39 Å². The highest BCUT2D eigenvalue weighted by molar-refractivity contribution is 5.42. The van der Waals surface area contributed by atoms with E-state index in [1.54, 1.807) is 6.07 Å². The summed E-state index contributed by atoms with van der Waals surface area (Å²) in [7, 11) is 1.97. The Morgan fingerprint density at radius 2 is 2.00 bits per heavy atom. The molecule has 4 rings (SSSR count). The fourth-order valence-electron chi connectivity index (χ4n) is 4.51. The summed E-state index contributed by atoms with van der Waals surface area (Å²) in [4.78, 5) is 6.08. The third-order valence-electron chi connectivity index (χ3n) is 6.37. The predicted octanol–water partition coefficient (Wildman–Crippen LogP) is 3.60. The first-order valence-corrected chi connectivity index (χ1v) is 11.4. The van der Waals surface area contributed by atoms with Gasteiger partial charge in [-0.05, 0) is 77.1 Å². The van der Waals surface area contributed by atoms with Crippen molar-refractivity contribution in [2.24, 2.45) is 0 Å². The molecule has 8 heteroatoms. The first kappa shape index (κ1) is 23.0. The van der Waals surface area contributed by atoms with Crippen LogP contribution in [0, 0.1) is 17.6 Å². The molecule has 1 saturated heterocycles. The first-order valence-electron chi connectivity index (χ1n) is 11.4. The molecule has 174 valence electrons. The molecule has 2 heterocycles. The maximum atomic E-state index is 14.6. The Morgan fingerprint density at radius 3 is 2.75 bits per heavy atom. The number of piperidine rings is 1. The highest BCUT2D eigenvalue weighted by Gasteiger charge is 2.42. The number of pyridine rings is 1. The molecule has 1 aliphatic heterocycles. The van der Waals surface area contributed by atoms with Crippen LogP contribution < -0.4 is 15.4 Å². The average molecular weight is 449 g/mol. The molecule has 32 heavy (non-hydrogen) atoms. The lowest BCUT2D eigenvalue weighted by Crippen LogP contribution is -2.44. The van der Waals surface area contributed by atoms with Gasteiger partial charge in [0.15, 0.2) is 11.6 Å². The Kier molecular flexibility index (Phi) is 7.65. The van der Waals surface area contributed by atoms with Gasteiger partial charge in [0.1, 0.15) is 12.4 Å². The third-order valence-corrected chi connectivity index (χ3v) is 6.37. The molecule has 1 aliphatic carbocycles. The molecule has 1 aromatic carbocycles. The van der Waals surface area contributed by atoms with Gasteiger partial charge < -0.3 is 20.3 Å². The highest BCUT2D eigenvalue weighted by Crippen LogP contribution is 2.46. The number of nitrogens with one attached hydrogen (secondary N) is 2. The van der Waals surface area contributed by atoms with Gasteiger partial charge in [0, 0.05) is 41.4 Å². The van der Waals surface area contributed by atoms with Crippen LogP contribution in [0.2, 0.25) is 0 Å². The Labute approximate surface area is 187 Å². The van der Waals surface area contributed by atoms with Crippen molar-refractivity contribution < 1.29 is 17.9 Å². The SMILES string of the molecule is CNCCCN1CCC(NC2CC2c2cc(F)cc(F)c2OCc2cccnc2F)CC1. The summed E-state index contributed by atoms with van der Waals surface area (Å²) in [6.45, 7) is 4.12. The molecule has 2 atom stereocenters. The average Bonchev–Trinajstić information content (AvgIpc) is 3.54. The van der Waals surface area contributed by atoms with Crippen molar-refractivity contribution in [3.63, 3.8) is 0 Å². The molecule has 2 unspecified atom stereocenters. The molecule has 2 aliphatic rings. The standard InChI is InChI=1S/C24H31F3N4O/c1-28-7-3-9-31-10-5-18(6-11-31)30-22-14-19(22)20-12-17(25)13-21(26)23(20)32-15-16-4-2-8-29-24(16)27/h2,4,8,12-13,18-19,22,28,30H,3,5-7,9-11,14-15H2,1H3. The van der Waals surface area contributed by atoms with Crippen LogP contribution in [0.4, 0.5) is 13.2 Å². The van der Waals surface area contributed by atoms with Gasteiger partial charge >= 0.3 is 0 Å². The zero-order valence-corrected chi connectivity index (χ0v) is 18.4. The van der Waals surface area contributed by atoms with Crippen molar-refractivity contribution in [3.8, 4) is 5.75 Å². The van der Waals surface area contributed by atoms with Crippen LogP contribution in [-0.4, -0.2) is 55.2 Å². The molecule has 0 spiro atoms.